The average molecular weight is 423 g/mol. The maximum atomic E-state index is 12.7. The molecule has 0 unspecified atom stereocenters. The van der Waals surface area contributed by atoms with Crippen LogP contribution in [0.1, 0.15) is 47.9 Å². The van der Waals surface area contributed by atoms with Gasteiger partial charge in [-0.1, -0.05) is 30.3 Å². The summed E-state index contributed by atoms with van der Waals surface area (Å²) in [7, 11) is 0. The Morgan fingerprint density at radius 3 is 2.43 bits per heavy atom. The molecule has 1 aromatic heterocycles. The zero-order chi connectivity index (χ0) is 21.8. The molecule has 1 saturated heterocycles. The molecule has 1 aliphatic rings. The molecule has 30 heavy (non-hydrogen) atoms. The first-order valence-electron chi connectivity index (χ1n) is 9.88. The van der Waals surface area contributed by atoms with Crippen molar-refractivity contribution >= 4 is 11.9 Å². The minimum atomic E-state index is -4.59. The second kappa shape index (κ2) is 8.89. The van der Waals surface area contributed by atoms with Crippen LogP contribution in [-0.4, -0.2) is 46.7 Å². The van der Waals surface area contributed by atoms with Gasteiger partial charge in [0.2, 0.25) is 0 Å². The van der Waals surface area contributed by atoms with Crippen molar-refractivity contribution in [3.05, 3.63) is 53.3 Å². The van der Waals surface area contributed by atoms with E-state index in [0.717, 1.165) is 5.56 Å². The number of hydrogen-bond acceptors (Lipinski definition) is 4. The van der Waals surface area contributed by atoms with Crippen LogP contribution < -0.4 is 0 Å². The van der Waals surface area contributed by atoms with Crippen molar-refractivity contribution in [1.29, 1.82) is 0 Å². The maximum absolute atomic E-state index is 12.7. The number of rotatable bonds is 6. The summed E-state index contributed by atoms with van der Waals surface area (Å²) in [5.41, 5.74) is -0.955. The van der Waals surface area contributed by atoms with Gasteiger partial charge in [-0.2, -0.15) is 18.3 Å². The molecule has 9 heteroatoms. The van der Waals surface area contributed by atoms with Crippen LogP contribution in [0.25, 0.3) is 0 Å². The normalized spacial score (nSPS) is 16.3. The molecule has 1 fully saturated rings. The average Bonchev–Trinajstić information content (AvgIpc) is 3.24. The fraction of sp³-hybridized carbons (Fsp3) is 0.476. The molecular formula is C21H24F3N3O3. The highest BCUT2D eigenvalue weighted by atomic mass is 19.4. The van der Waals surface area contributed by atoms with Crippen LogP contribution in [0, 0.1) is 5.41 Å². The van der Waals surface area contributed by atoms with Crippen LogP contribution >= 0.6 is 0 Å². The van der Waals surface area contributed by atoms with Crippen LogP contribution in [0.2, 0.25) is 0 Å². The van der Waals surface area contributed by atoms with Gasteiger partial charge in [-0.05, 0) is 38.2 Å². The number of halogens is 3. The van der Waals surface area contributed by atoms with Gasteiger partial charge in [-0.15, -0.1) is 0 Å². The number of carbonyl (C=O) groups excluding carboxylic acids is 2. The SMILES string of the molecule is CCOC(=O)C1(CCc2ccccc2)CCN(C(=O)c2cc(C(F)(F)F)[nH]n2)CC1. The number of aryl methyl sites for hydroxylation is 1. The molecule has 6 nitrogen and oxygen atoms in total. The summed E-state index contributed by atoms with van der Waals surface area (Å²) < 4.78 is 43.6. The Hall–Kier alpha value is -2.84. The molecule has 162 valence electrons. The summed E-state index contributed by atoms with van der Waals surface area (Å²) in [4.78, 5) is 26.8. The summed E-state index contributed by atoms with van der Waals surface area (Å²) in [6.45, 7) is 2.51. The molecule has 0 bridgehead atoms. The number of nitrogens with one attached hydrogen (secondary N) is 1. The quantitative estimate of drug-likeness (QED) is 0.717. The molecule has 2 heterocycles. The van der Waals surface area contributed by atoms with Gasteiger partial charge in [0.25, 0.3) is 5.91 Å². The third-order valence-corrected chi connectivity index (χ3v) is 5.55. The Bertz CT molecular complexity index is 872. The molecule has 0 aliphatic carbocycles. The van der Waals surface area contributed by atoms with E-state index in [1.807, 2.05) is 35.4 Å². The van der Waals surface area contributed by atoms with Crippen LogP contribution in [-0.2, 0) is 22.1 Å². The molecular weight excluding hydrogens is 399 g/mol. The van der Waals surface area contributed by atoms with Crippen LogP contribution in [0.5, 0.6) is 0 Å². The predicted octanol–water partition coefficient (Wildman–Crippen LogP) is 3.85. The molecule has 1 aliphatic heterocycles. The maximum Gasteiger partial charge on any atom is 0.432 e. The van der Waals surface area contributed by atoms with Crippen molar-refractivity contribution in [2.45, 2.75) is 38.8 Å². The number of hydrogen-bond donors (Lipinski definition) is 1. The summed E-state index contributed by atoms with van der Waals surface area (Å²) in [6, 6.07) is 10.5. The largest absolute Gasteiger partial charge is 0.466 e. The van der Waals surface area contributed by atoms with E-state index in [1.54, 1.807) is 6.92 Å². The molecule has 1 amide bonds. The highest BCUT2D eigenvalue weighted by Gasteiger charge is 2.43. The van der Waals surface area contributed by atoms with Crippen molar-refractivity contribution < 1.29 is 27.5 Å². The fourth-order valence-corrected chi connectivity index (χ4v) is 3.75. The van der Waals surface area contributed by atoms with Crippen molar-refractivity contribution in [3.63, 3.8) is 0 Å². The van der Waals surface area contributed by atoms with Crippen LogP contribution in [0.3, 0.4) is 0 Å². The van der Waals surface area contributed by atoms with Gasteiger partial charge in [0.1, 0.15) is 5.69 Å². The highest BCUT2D eigenvalue weighted by Crippen LogP contribution is 2.38. The topological polar surface area (TPSA) is 75.3 Å². The minimum absolute atomic E-state index is 0.251. The first-order chi connectivity index (χ1) is 14.2. The molecule has 2 aromatic rings. The van der Waals surface area contributed by atoms with E-state index in [1.165, 1.54) is 4.90 Å². The van der Waals surface area contributed by atoms with Gasteiger partial charge in [-0.25, -0.2) is 0 Å². The van der Waals surface area contributed by atoms with E-state index >= 15 is 0 Å². The van der Waals surface area contributed by atoms with Crippen molar-refractivity contribution in [3.8, 4) is 0 Å². The Labute approximate surface area is 172 Å². The van der Waals surface area contributed by atoms with Crippen LogP contribution in [0.15, 0.2) is 36.4 Å². The molecule has 0 atom stereocenters. The lowest BCUT2D eigenvalue weighted by Gasteiger charge is -2.39. The number of carbonyl (C=O) groups is 2. The number of likely N-dealkylation sites (tertiary alicyclic amines) is 1. The second-order valence-electron chi connectivity index (χ2n) is 7.44. The molecule has 0 saturated carbocycles. The van der Waals surface area contributed by atoms with Crippen LogP contribution in [0.4, 0.5) is 13.2 Å². The number of H-pyrrole nitrogens is 1. The van der Waals surface area contributed by atoms with E-state index in [9.17, 15) is 22.8 Å². The third kappa shape index (κ3) is 4.83. The number of aromatic amines is 1. The molecule has 0 radical (unpaired) electrons. The summed E-state index contributed by atoms with van der Waals surface area (Å²) in [5.74, 6) is -0.866. The Balaban J connectivity index is 1.68. The Morgan fingerprint density at radius 2 is 1.87 bits per heavy atom. The smallest absolute Gasteiger partial charge is 0.432 e. The van der Waals surface area contributed by atoms with Gasteiger partial charge in [-0.3, -0.25) is 14.7 Å². The van der Waals surface area contributed by atoms with E-state index < -0.39 is 23.2 Å². The van der Waals surface area contributed by atoms with Gasteiger partial charge in [0, 0.05) is 19.2 Å². The first kappa shape index (κ1) is 21.9. The number of nitrogens with zero attached hydrogens (tertiary/aromatic N) is 2. The van der Waals surface area contributed by atoms with Crippen molar-refractivity contribution in [1.82, 2.24) is 15.1 Å². The molecule has 0 spiro atoms. The van der Waals surface area contributed by atoms with Crippen molar-refractivity contribution in [2.24, 2.45) is 5.41 Å². The lowest BCUT2D eigenvalue weighted by Crippen LogP contribution is -2.47. The van der Waals surface area contributed by atoms with Gasteiger partial charge in [0.15, 0.2) is 5.69 Å². The lowest BCUT2D eigenvalue weighted by atomic mass is 9.74. The summed E-state index contributed by atoms with van der Waals surface area (Å²) >= 11 is 0. The zero-order valence-corrected chi connectivity index (χ0v) is 16.7. The number of esters is 1. The number of alkyl halides is 3. The summed E-state index contributed by atoms with van der Waals surface area (Å²) in [6.07, 6.45) is -2.54. The number of aromatic nitrogens is 2. The Kier molecular flexibility index (Phi) is 6.48. The number of benzene rings is 1. The number of amides is 1. The zero-order valence-electron chi connectivity index (χ0n) is 16.7. The second-order valence-corrected chi connectivity index (χ2v) is 7.44. The molecule has 1 N–H and O–H groups in total. The number of piperidine rings is 1. The fourth-order valence-electron chi connectivity index (χ4n) is 3.75. The lowest BCUT2D eigenvalue weighted by molar-refractivity contribution is -0.158. The monoisotopic (exact) mass is 423 g/mol. The van der Waals surface area contributed by atoms with Gasteiger partial charge in [0.05, 0.1) is 12.0 Å². The standard InChI is InChI=1S/C21H24F3N3O3/c1-2-30-19(29)20(9-8-15-6-4-3-5-7-15)10-12-27(13-11-20)18(28)16-14-17(26-25-16)21(22,23)24/h3-7,14H,2,8-13H2,1H3,(H,25,26). The third-order valence-electron chi connectivity index (χ3n) is 5.55. The first-order valence-corrected chi connectivity index (χ1v) is 9.88. The molecule has 3 rings (SSSR count). The van der Waals surface area contributed by atoms with Gasteiger partial charge >= 0.3 is 12.1 Å². The number of ether oxygens (including phenoxy) is 1. The minimum Gasteiger partial charge on any atom is -0.466 e. The van der Waals surface area contributed by atoms with E-state index in [-0.39, 0.29) is 31.4 Å². The highest BCUT2D eigenvalue weighted by molar-refractivity contribution is 5.92. The Morgan fingerprint density at radius 1 is 1.20 bits per heavy atom. The van der Waals surface area contributed by atoms with E-state index in [0.29, 0.717) is 31.7 Å². The van der Waals surface area contributed by atoms with E-state index in [4.69, 9.17) is 4.74 Å². The van der Waals surface area contributed by atoms with Gasteiger partial charge < -0.3 is 9.64 Å². The van der Waals surface area contributed by atoms with E-state index in [2.05, 4.69) is 5.10 Å². The van der Waals surface area contributed by atoms with Crippen molar-refractivity contribution in [2.75, 3.05) is 19.7 Å². The molecule has 1 aromatic carbocycles. The predicted molar refractivity (Wildman–Crippen MR) is 103 cm³/mol. The summed E-state index contributed by atoms with van der Waals surface area (Å²) in [5, 5.41) is 5.37.